The molecule has 0 spiro atoms. The van der Waals surface area contributed by atoms with E-state index in [9.17, 15) is 8.78 Å². The van der Waals surface area contributed by atoms with E-state index in [1.54, 1.807) is 18.2 Å². The second-order valence-corrected chi connectivity index (χ2v) is 5.08. The molecule has 0 aliphatic heterocycles. The molecular formula is C13H8BrF2N5. The molecule has 0 aliphatic rings. The summed E-state index contributed by atoms with van der Waals surface area (Å²) in [5.74, 6) is -1.34. The van der Waals surface area contributed by atoms with Gasteiger partial charge in [0.15, 0.2) is 17.5 Å². The molecule has 3 rings (SSSR count). The number of nitrogens with two attached hydrogens (primary N) is 1. The summed E-state index contributed by atoms with van der Waals surface area (Å²) in [6, 6.07) is 8.56. The first-order chi connectivity index (χ1) is 10.1. The van der Waals surface area contributed by atoms with Gasteiger partial charge in [0.25, 0.3) is 0 Å². The summed E-state index contributed by atoms with van der Waals surface area (Å²) in [5.41, 5.74) is 6.41. The zero-order chi connectivity index (χ0) is 15.0. The zero-order valence-corrected chi connectivity index (χ0v) is 12.1. The van der Waals surface area contributed by atoms with Crippen LogP contribution in [0.15, 0.2) is 40.9 Å². The van der Waals surface area contributed by atoms with Gasteiger partial charge < -0.3 is 5.73 Å². The maximum atomic E-state index is 13.9. The van der Waals surface area contributed by atoms with Crippen LogP contribution >= 0.6 is 15.9 Å². The lowest BCUT2D eigenvalue weighted by Gasteiger charge is -2.08. The van der Waals surface area contributed by atoms with Crippen LogP contribution in [0, 0.1) is 11.6 Å². The van der Waals surface area contributed by atoms with Crippen LogP contribution in [-0.2, 0) is 0 Å². The summed E-state index contributed by atoms with van der Waals surface area (Å²) in [6.45, 7) is 0. The first-order valence-corrected chi connectivity index (χ1v) is 6.65. The number of aromatic nitrogens is 4. The molecule has 8 heteroatoms. The molecule has 2 N–H and O–H groups in total. The normalized spacial score (nSPS) is 10.8. The number of tetrazole rings is 1. The largest absolute Gasteiger partial charge is 0.399 e. The van der Waals surface area contributed by atoms with Gasteiger partial charge >= 0.3 is 0 Å². The molecule has 0 unspecified atom stereocenters. The summed E-state index contributed by atoms with van der Waals surface area (Å²) in [7, 11) is 0. The van der Waals surface area contributed by atoms with Crippen LogP contribution in [0.3, 0.4) is 0 Å². The number of rotatable bonds is 2. The summed E-state index contributed by atoms with van der Waals surface area (Å²) in [4.78, 5) is 0. The van der Waals surface area contributed by atoms with Gasteiger partial charge in [-0.05, 0) is 40.8 Å². The fourth-order valence-corrected chi connectivity index (χ4v) is 2.34. The number of benzene rings is 2. The molecular weight excluding hydrogens is 344 g/mol. The van der Waals surface area contributed by atoms with Crippen molar-refractivity contribution in [3.8, 4) is 17.1 Å². The molecule has 1 heterocycles. The summed E-state index contributed by atoms with van der Waals surface area (Å²) in [5, 5.41) is 11.0. The third-order valence-corrected chi connectivity index (χ3v) is 3.54. The number of hydrogen-bond donors (Lipinski definition) is 1. The lowest BCUT2D eigenvalue weighted by molar-refractivity contribution is 0.557. The molecule has 3 aromatic rings. The van der Waals surface area contributed by atoms with Crippen LogP contribution in [0.5, 0.6) is 0 Å². The predicted molar refractivity (Wildman–Crippen MR) is 76.6 cm³/mol. The third-order valence-electron chi connectivity index (χ3n) is 2.85. The molecule has 0 atom stereocenters. The molecule has 0 fully saturated rings. The Morgan fingerprint density at radius 2 is 1.81 bits per heavy atom. The number of nitrogens with zero attached hydrogens (tertiary/aromatic N) is 4. The van der Waals surface area contributed by atoms with Crippen LogP contribution in [-0.4, -0.2) is 20.2 Å². The van der Waals surface area contributed by atoms with Gasteiger partial charge in [0.2, 0.25) is 0 Å². The lowest BCUT2D eigenvalue weighted by atomic mass is 10.2. The van der Waals surface area contributed by atoms with Crippen molar-refractivity contribution in [2.75, 3.05) is 5.73 Å². The highest BCUT2D eigenvalue weighted by Crippen LogP contribution is 2.30. The Kier molecular flexibility index (Phi) is 3.38. The fraction of sp³-hybridized carbons (Fsp3) is 0. The Bertz CT molecular complexity index is 798. The van der Waals surface area contributed by atoms with E-state index in [4.69, 9.17) is 5.73 Å². The molecule has 1 aromatic heterocycles. The molecule has 0 amide bonds. The van der Waals surface area contributed by atoms with Gasteiger partial charge in [-0.1, -0.05) is 22.0 Å². The molecule has 0 saturated carbocycles. The first-order valence-electron chi connectivity index (χ1n) is 5.86. The Hall–Kier alpha value is -2.35. The van der Waals surface area contributed by atoms with Crippen molar-refractivity contribution in [2.24, 2.45) is 0 Å². The smallest absolute Gasteiger partial charge is 0.188 e. The van der Waals surface area contributed by atoms with Crippen LogP contribution in [0.4, 0.5) is 14.5 Å². The van der Waals surface area contributed by atoms with Crippen LogP contribution in [0.1, 0.15) is 0 Å². The van der Waals surface area contributed by atoms with E-state index in [2.05, 4.69) is 31.5 Å². The highest BCUT2D eigenvalue weighted by atomic mass is 79.9. The predicted octanol–water partition coefficient (Wildman–Crippen LogP) is 2.95. The van der Waals surface area contributed by atoms with Crippen molar-refractivity contribution >= 4 is 21.6 Å². The van der Waals surface area contributed by atoms with E-state index in [0.717, 1.165) is 16.8 Å². The van der Waals surface area contributed by atoms with E-state index in [1.807, 2.05) is 0 Å². The molecule has 0 bridgehead atoms. The van der Waals surface area contributed by atoms with E-state index in [1.165, 1.54) is 6.07 Å². The van der Waals surface area contributed by atoms with Crippen molar-refractivity contribution in [2.45, 2.75) is 0 Å². The second-order valence-electron chi connectivity index (χ2n) is 4.22. The second kappa shape index (κ2) is 5.21. The quantitative estimate of drug-likeness (QED) is 0.720. The van der Waals surface area contributed by atoms with Gasteiger partial charge in [-0.25, -0.2) is 8.78 Å². The van der Waals surface area contributed by atoms with Crippen molar-refractivity contribution in [1.82, 2.24) is 20.2 Å². The Morgan fingerprint density at radius 3 is 2.52 bits per heavy atom. The lowest BCUT2D eigenvalue weighted by Crippen LogP contribution is -2.06. The number of anilines is 1. The highest BCUT2D eigenvalue weighted by molar-refractivity contribution is 9.10. The molecule has 0 radical (unpaired) electrons. The minimum atomic E-state index is -0.761. The molecule has 0 saturated heterocycles. The Balaban J connectivity index is 2.25. The monoisotopic (exact) mass is 351 g/mol. The van der Waals surface area contributed by atoms with Gasteiger partial charge in [-0.3, -0.25) is 0 Å². The topological polar surface area (TPSA) is 69.6 Å². The van der Waals surface area contributed by atoms with E-state index >= 15 is 0 Å². The molecule has 5 nitrogen and oxygen atoms in total. The van der Waals surface area contributed by atoms with Crippen LogP contribution < -0.4 is 5.73 Å². The van der Waals surface area contributed by atoms with E-state index in [-0.39, 0.29) is 11.5 Å². The van der Waals surface area contributed by atoms with Crippen molar-refractivity contribution < 1.29 is 8.78 Å². The van der Waals surface area contributed by atoms with Gasteiger partial charge in [0, 0.05) is 15.7 Å². The van der Waals surface area contributed by atoms with Gasteiger partial charge in [0.1, 0.15) is 5.69 Å². The van der Waals surface area contributed by atoms with E-state index in [0.29, 0.717) is 15.7 Å². The SMILES string of the molecule is Nc1ccc(Br)c(-c2nnnn2-c2c(F)cccc2F)c1. The maximum absolute atomic E-state index is 13.9. The van der Waals surface area contributed by atoms with Crippen molar-refractivity contribution in [3.63, 3.8) is 0 Å². The van der Waals surface area contributed by atoms with Crippen LogP contribution in [0.2, 0.25) is 0 Å². The number of para-hydroxylation sites is 1. The molecule has 0 aliphatic carbocycles. The number of nitrogen functional groups attached to an aromatic ring is 1. The van der Waals surface area contributed by atoms with Crippen LogP contribution in [0.25, 0.3) is 17.1 Å². The highest BCUT2D eigenvalue weighted by Gasteiger charge is 2.19. The molecule has 21 heavy (non-hydrogen) atoms. The van der Waals surface area contributed by atoms with E-state index < -0.39 is 11.6 Å². The summed E-state index contributed by atoms with van der Waals surface area (Å²) < 4.78 is 29.5. The average molecular weight is 352 g/mol. The minimum Gasteiger partial charge on any atom is -0.399 e. The summed E-state index contributed by atoms with van der Waals surface area (Å²) >= 11 is 3.34. The standard InChI is InChI=1S/C13H8BrF2N5/c14-9-5-4-7(17)6-8(9)13-18-19-20-21(13)12-10(15)2-1-3-11(12)16/h1-6H,17H2. The van der Waals surface area contributed by atoms with Gasteiger partial charge in [-0.15, -0.1) is 5.10 Å². The van der Waals surface area contributed by atoms with Gasteiger partial charge in [0.05, 0.1) is 0 Å². The van der Waals surface area contributed by atoms with Gasteiger partial charge in [-0.2, -0.15) is 4.68 Å². The third kappa shape index (κ3) is 2.38. The zero-order valence-electron chi connectivity index (χ0n) is 10.5. The Labute approximate surface area is 126 Å². The first kappa shape index (κ1) is 13.6. The molecule has 106 valence electrons. The maximum Gasteiger partial charge on any atom is 0.188 e. The number of halogens is 3. The fourth-order valence-electron chi connectivity index (χ4n) is 1.91. The number of hydrogen-bond acceptors (Lipinski definition) is 4. The summed E-state index contributed by atoms with van der Waals surface area (Å²) in [6.07, 6.45) is 0. The Morgan fingerprint density at radius 1 is 1.10 bits per heavy atom. The minimum absolute atomic E-state index is 0.179. The van der Waals surface area contributed by atoms with Crippen molar-refractivity contribution in [1.29, 1.82) is 0 Å². The molecule has 2 aromatic carbocycles. The average Bonchev–Trinajstić information content (AvgIpc) is 2.90. The van der Waals surface area contributed by atoms with Crippen molar-refractivity contribution in [3.05, 3.63) is 52.5 Å².